The largest absolute Gasteiger partial charge is 0.375 e. The van der Waals surface area contributed by atoms with Gasteiger partial charge in [0.15, 0.2) is 5.11 Å². The van der Waals surface area contributed by atoms with Crippen LogP contribution in [0.2, 0.25) is 0 Å². The Morgan fingerprint density at radius 1 is 1.47 bits per heavy atom. The molecule has 0 atom stereocenters. The van der Waals surface area contributed by atoms with Crippen LogP contribution in [0.4, 0.5) is 0 Å². The number of nitriles is 1. The summed E-state index contributed by atoms with van der Waals surface area (Å²) in [5, 5.41) is 12.7. The highest BCUT2D eigenvalue weighted by Gasteiger charge is 1.97. The SMILES string of the molecule is C/C(=N/NC(N)=S)c1ccc(C#N)cc1. The third-order valence-corrected chi connectivity index (χ3v) is 1.86. The number of nitrogens with zero attached hydrogens (tertiary/aromatic N) is 2. The van der Waals surface area contributed by atoms with Gasteiger partial charge in [0.05, 0.1) is 17.3 Å². The fourth-order valence-electron chi connectivity index (χ4n) is 0.989. The third-order valence-electron chi connectivity index (χ3n) is 1.77. The van der Waals surface area contributed by atoms with Crippen LogP contribution < -0.4 is 11.2 Å². The molecule has 0 aliphatic heterocycles. The number of hydrogen-bond donors (Lipinski definition) is 2. The minimum atomic E-state index is 0.128. The maximum Gasteiger partial charge on any atom is 0.184 e. The van der Waals surface area contributed by atoms with Gasteiger partial charge in [-0.05, 0) is 36.8 Å². The van der Waals surface area contributed by atoms with E-state index in [-0.39, 0.29) is 5.11 Å². The van der Waals surface area contributed by atoms with Crippen LogP contribution in [0.5, 0.6) is 0 Å². The van der Waals surface area contributed by atoms with E-state index in [2.05, 4.69) is 22.7 Å². The van der Waals surface area contributed by atoms with Crippen LogP contribution in [0.15, 0.2) is 29.4 Å². The first kappa shape index (κ1) is 11.1. The van der Waals surface area contributed by atoms with Gasteiger partial charge in [-0.1, -0.05) is 12.1 Å². The summed E-state index contributed by atoms with van der Waals surface area (Å²) in [6.45, 7) is 1.83. The first-order valence-electron chi connectivity index (χ1n) is 4.23. The molecule has 3 N–H and O–H groups in total. The first-order chi connectivity index (χ1) is 7.13. The summed E-state index contributed by atoms with van der Waals surface area (Å²) in [6, 6.07) is 9.15. The van der Waals surface area contributed by atoms with E-state index in [4.69, 9.17) is 11.0 Å². The summed E-state index contributed by atoms with van der Waals surface area (Å²) < 4.78 is 0. The van der Waals surface area contributed by atoms with Crippen LogP contribution in [0.25, 0.3) is 0 Å². The number of hydrazone groups is 1. The van der Waals surface area contributed by atoms with Gasteiger partial charge in [-0.2, -0.15) is 10.4 Å². The smallest absolute Gasteiger partial charge is 0.184 e. The van der Waals surface area contributed by atoms with Crippen molar-refractivity contribution in [3.8, 4) is 6.07 Å². The van der Waals surface area contributed by atoms with Crippen molar-refractivity contribution in [1.82, 2.24) is 5.43 Å². The summed E-state index contributed by atoms with van der Waals surface area (Å²) in [5.41, 5.74) is 10.0. The Morgan fingerprint density at radius 3 is 2.53 bits per heavy atom. The molecule has 0 saturated heterocycles. The number of thiocarbonyl (C=S) groups is 1. The molecule has 0 aliphatic rings. The lowest BCUT2D eigenvalue weighted by Gasteiger charge is -2.01. The van der Waals surface area contributed by atoms with Gasteiger partial charge in [-0.3, -0.25) is 5.43 Å². The molecule has 0 aromatic heterocycles. The van der Waals surface area contributed by atoms with Gasteiger partial charge in [-0.25, -0.2) is 0 Å². The molecule has 5 heteroatoms. The number of hydrogen-bond acceptors (Lipinski definition) is 3. The topological polar surface area (TPSA) is 74.2 Å². The Labute approximate surface area is 93.4 Å². The maximum absolute atomic E-state index is 8.62. The van der Waals surface area contributed by atoms with Crippen molar-refractivity contribution >= 4 is 23.0 Å². The quantitative estimate of drug-likeness (QED) is 0.443. The molecule has 0 unspecified atom stereocenters. The lowest BCUT2D eigenvalue weighted by Crippen LogP contribution is -2.25. The zero-order valence-electron chi connectivity index (χ0n) is 8.19. The maximum atomic E-state index is 8.62. The van der Waals surface area contributed by atoms with E-state index >= 15 is 0 Å². The highest BCUT2D eigenvalue weighted by molar-refractivity contribution is 7.80. The Morgan fingerprint density at radius 2 is 2.07 bits per heavy atom. The van der Waals surface area contributed by atoms with Crippen molar-refractivity contribution < 1.29 is 0 Å². The molecule has 0 saturated carbocycles. The predicted octanol–water partition coefficient (Wildman–Crippen LogP) is 1.12. The molecule has 0 aliphatic carbocycles. The monoisotopic (exact) mass is 218 g/mol. The number of rotatable bonds is 2. The normalized spacial score (nSPS) is 10.5. The van der Waals surface area contributed by atoms with Crippen LogP contribution in [0, 0.1) is 11.3 Å². The number of nitrogens with two attached hydrogens (primary N) is 1. The van der Waals surface area contributed by atoms with Gasteiger partial charge < -0.3 is 5.73 Å². The van der Waals surface area contributed by atoms with Crippen molar-refractivity contribution in [2.45, 2.75) is 6.92 Å². The lowest BCUT2D eigenvalue weighted by molar-refractivity contribution is 1.03. The fourth-order valence-corrected chi connectivity index (χ4v) is 1.04. The van der Waals surface area contributed by atoms with E-state index in [0.717, 1.165) is 11.3 Å². The highest BCUT2D eigenvalue weighted by atomic mass is 32.1. The van der Waals surface area contributed by atoms with Crippen molar-refractivity contribution in [2.24, 2.45) is 10.8 Å². The van der Waals surface area contributed by atoms with E-state index in [1.807, 2.05) is 25.1 Å². The lowest BCUT2D eigenvalue weighted by atomic mass is 10.1. The highest BCUT2D eigenvalue weighted by Crippen LogP contribution is 2.04. The van der Waals surface area contributed by atoms with E-state index in [9.17, 15) is 0 Å². The van der Waals surface area contributed by atoms with Gasteiger partial charge in [0.1, 0.15) is 0 Å². The minimum Gasteiger partial charge on any atom is -0.375 e. The third kappa shape index (κ3) is 3.37. The second-order valence-electron chi connectivity index (χ2n) is 2.86. The molecule has 0 fully saturated rings. The molecule has 0 bridgehead atoms. The van der Waals surface area contributed by atoms with Gasteiger partial charge in [-0.15, -0.1) is 0 Å². The molecule has 4 nitrogen and oxygen atoms in total. The molecule has 0 radical (unpaired) electrons. The van der Waals surface area contributed by atoms with Crippen molar-refractivity contribution in [2.75, 3.05) is 0 Å². The molecule has 1 aromatic carbocycles. The van der Waals surface area contributed by atoms with Gasteiger partial charge in [0.2, 0.25) is 0 Å². The van der Waals surface area contributed by atoms with E-state index in [1.165, 1.54) is 0 Å². The summed E-state index contributed by atoms with van der Waals surface area (Å²) in [7, 11) is 0. The van der Waals surface area contributed by atoms with Crippen molar-refractivity contribution in [3.05, 3.63) is 35.4 Å². The number of nitrogens with one attached hydrogen (secondary N) is 1. The molecule has 76 valence electrons. The molecule has 1 aromatic rings. The number of benzene rings is 1. The van der Waals surface area contributed by atoms with Crippen molar-refractivity contribution in [3.63, 3.8) is 0 Å². The van der Waals surface area contributed by atoms with Crippen molar-refractivity contribution in [1.29, 1.82) is 5.26 Å². The molecule has 0 spiro atoms. The Kier molecular flexibility index (Phi) is 3.77. The summed E-state index contributed by atoms with van der Waals surface area (Å²) in [5.74, 6) is 0. The van der Waals surface area contributed by atoms with Gasteiger partial charge >= 0.3 is 0 Å². The summed E-state index contributed by atoms with van der Waals surface area (Å²) in [6.07, 6.45) is 0. The second-order valence-corrected chi connectivity index (χ2v) is 3.30. The summed E-state index contributed by atoms with van der Waals surface area (Å²) in [4.78, 5) is 0. The average molecular weight is 218 g/mol. The van der Waals surface area contributed by atoms with Gasteiger partial charge in [0, 0.05) is 0 Å². The fraction of sp³-hybridized carbons (Fsp3) is 0.100. The molecule has 0 amide bonds. The van der Waals surface area contributed by atoms with Crippen LogP contribution in [-0.4, -0.2) is 10.8 Å². The molecule has 0 heterocycles. The Hall–Kier alpha value is -1.93. The summed E-state index contributed by atoms with van der Waals surface area (Å²) >= 11 is 4.62. The molecular weight excluding hydrogens is 208 g/mol. The standard InChI is InChI=1S/C10H10N4S/c1-7(13-14-10(12)15)9-4-2-8(6-11)3-5-9/h2-5H,1H3,(H3,12,14,15)/b13-7-. The minimum absolute atomic E-state index is 0.128. The predicted molar refractivity (Wildman–Crippen MR) is 63.3 cm³/mol. The van der Waals surface area contributed by atoms with Crippen LogP contribution in [0.3, 0.4) is 0 Å². The van der Waals surface area contributed by atoms with E-state index in [1.54, 1.807) is 12.1 Å². The van der Waals surface area contributed by atoms with E-state index in [0.29, 0.717) is 5.56 Å². The first-order valence-corrected chi connectivity index (χ1v) is 4.64. The van der Waals surface area contributed by atoms with Crippen LogP contribution in [-0.2, 0) is 0 Å². The molecule has 15 heavy (non-hydrogen) atoms. The van der Waals surface area contributed by atoms with Crippen LogP contribution in [0.1, 0.15) is 18.1 Å². The Bertz CT molecular complexity index is 428. The Balaban J connectivity index is 2.83. The van der Waals surface area contributed by atoms with Gasteiger partial charge in [0.25, 0.3) is 0 Å². The van der Waals surface area contributed by atoms with Crippen LogP contribution >= 0.6 is 12.2 Å². The molecule has 1 rings (SSSR count). The second kappa shape index (κ2) is 5.08. The zero-order valence-corrected chi connectivity index (χ0v) is 9.01. The zero-order chi connectivity index (χ0) is 11.3. The average Bonchev–Trinajstić information content (AvgIpc) is 2.26. The van der Waals surface area contributed by atoms with E-state index < -0.39 is 0 Å². The molecular formula is C10H10N4S.